The molecule has 0 aliphatic heterocycles. The maximum atomic E-state index is 12.4. The summed E-state index contributed by atoms with van der Waals surface area (Å²) in [5.74, 6) is 1.39. The van der Waals surface area contributed by atoms with Gasteiger partial charge in [-0.3, -0.25) is 4.79 Å². The van der Waals surface area contributed by atoms with Gasteiger partial charge in [-0.05, 0) is 60.5 Å². The fraction of sp³-hybridized carbons (Fsp3) is 0.130. The van der Waals surface area contributed by atoms with E-state index in [0.29, 0.717) is 23.5 Å². The largest absolute Gasteiger partial charge is 0.497 e. The molecule has 0 spiro atoms. The molecule has 0 fully saturated rings. The van der Waals surface area contributed by atoms with Gasteiger partial charge in [0.25, 0.3) is 5.91 Å². The van der Waals surface area contributed by atoms with E-state index >= 15 is 0 Å². The number of hydrogen-bond acceptors (Lipinski definition) is 5. The third-order valence-corrected chi connectivity index (χ3v) is 4.37. The van der Waals surface area contributed by atoms with Crippen molar-refractivity contribution >= 4 is 29.2 Å². The van der Waals surface area contributed by atoms with Crippen LogP contribution in [0.2, 0.25) is 0 Å². The van der Waals surface area contributed by atoms with Crippen molar-refractivity contribution in [1.29, 1.82) is 0 Å². The van der Waals surface area contributed by atoms with Gasteiger partial charge < -0.3 is 21.1 Å². The quantitative estimate of drug-likeness (QED) is 0.414. The Hall–Kier alpha value is -3.80. The van der Waals surface area contributed by atoms with Gasteiger partial charge in [0.05, 0.1) is 18.5 Å². The molecule has 2 aromatic carbocycles. The smallest absolute Gasteiger partial charge is 0.251 e. The molecule has 3 rings (SSSR count). The highest BCUT2D eigenvalue weighted by atomic mass is 16.5. The van der Waals surface area contributed by atoms with Crippen molar-refractivity contribution in [3.8, 4) is 5.75 Å². The van der Waals surface area contributed by atoms with E-state index in [-0.39, 0.29) is 5.91 Å². The van der Waals surface area contributed by atoms with Gasteiger partial charge in [-0.2, -0.15) is 0 Å². The molecule has 4 N–H and O–H groups in total. The average Bonchev–Trinajstić information content (AvgIpc) is 2.75. The van der Waals surface area contributed by atoms with Crippen LogP contribution in [-0.2, 0) is 11.3 Å². The highest BCUT2D eigenvalue weighted by Gasteiger charge is 2.07. The maximum absolute atomic E-state index is 12.4. The number of pyridine rings is 1. The number of nitrogens with one attached hydrogen (secondary N) is 2. The summed E-state index contributed by atoms with van der Waals surface area (Å²) in [6.07, 6.45) is 3.51. The fourth-order valence-electron chi connectivity index (χ4n) is 2.68. The van der Waals surface area contributed by atoms with E-state index in [1.54, 1.807) is 38.4 Å². The monoisotopic (exact) mass is 388 g/mol. The molecule has 148 valence electrons. The van der Waals surface area contributed by atoms with E-state index < -0.39 is 0 Å². The van der Waals surface area contributed by atoms with Crippen LogP contribution in [0.3, 0.4) is 0 Å². The fourth-order valence-corrected chi connectivity index (χ4v) is 2.68. The number of anilines is 3. The minimum absolute atomic E-state index is 0.204. The van der Waals surface area contributed by atoms with Crippen LogP contribution in [0.25, 0.3) is 6.08 Å². The van der Waals surface area contributed by atoms with Gasteiger partial charge in [0, 0.05) is 18.3 Å². The van der Waals surface area contributed by atoms with Crippen LogP contribution >= 0.6 is 0 Å². The second kappa shape index (κ2) is 9.41. The number of carbonyl (C=O) groups excluding carboxylic acids is 1. The van der Waals surface area contributed by atoms with E-state index in [1.165, 1.54) is 0 Å². The number of carbonyl (C=O) groups is 1. The Morgan fingerprint density at radius 1 is 1.10 bits per heavy atom. The molecule has 0 radical (unpaired) electrons. The van der Waals surface area contributed by atoms with E-state index in [4.69, 9.17) is 10.5 Å². The molecule has 0 aliphatic rings. The molecule has 3 aromatic rings. The predicted octanol–water partition coefficient (Wildman–Crippen LogP) is 4.33. The lowest BCUT2D eigenvalue weighted by Gasteiger charge is -2.09. The van der Waals surface area contributed by atoms with Gasteiger partial charge in [-0.1, -0.05) is 24.3 Å². The molecule has 1 heterocycles. The number of nitrogen functional groups attached to an aromatic ring is 1. The van der Waals surface area contributed by atoms with Crippen LogP contribution in [0, 0.1) is 0 Å². The number of ether oxygens (including phenoxy) is 1. The number of aromatic nitrogens is 1. The molecule has 6 nitrogen and oxygen atoms in total. The van der Waals surface area contributed by atoms with Gasteiger partial charge >= 0.3 is 0 Å². The zero-order chi connectivity index (χ0) is 20.6. The molecule has 0 saturated heterocycles. The first-order valence-corrected chi connectivity index (χ1v) is 9.22. The van der Waals surface area contributed by atoms with Crippen molar-refractivity contribution in [2.24, 2.45) is 0 Å². The SMILES string of the molecule is COc1ccc(CNc2ccc(C=C(C)C(=O)Nc3ccccc3N)cn2)cc1. The minimum atomic E-state index is -0.204. The summed E-state index contributed by atoms with van der Waals surface area (Å²) >= 11 is 0. The van der Waals surface area contributed by atoms with Crippen molar-refractivity contribution in [3.63, 3.8) is 0 Å². The first kappa shape index (κ1) is 19.9. The molecule has 1 aromatic heterocycles. The Bertz CT molecular complexity index is 996. The molecule has 1 amide bonds. The second-order valence-corrected chi connectivity index (χ2v) is 6.55. The van der Waals surface area contributed by atoms with Crippen LogP contribution in [-0.4, -0.2) is 18.0 Å². The maximum Gasteiger partial charge on any atom is 0.251 e. The Morgan fingerprint density at radius 3 is 2.52 bits per heavy atom. The van der Waals surface area contributed by atoms with Gasteiger partial charge in [0.1, 0.15) is 11.6 Å². The van der Waals surface area contributed by atoms with Crippen LogP contribution in [0.15, 0.2) is 72.4 Å². The Labute approximate surface area is 170 Å². The highest BCUT2D eigenvalue weighted by Crippen LogP contribution is 2.18. The van der Waals surface area contributed by atoms with Crippen molar-refractivity contribution in [3.05, 3.63) is 83.6 Å². The third kappa shape index (κ3) is 5.59. The second-order valence-electron chi connectivity index (χ2n) is 6.55. The minimum Gasteiger partial charge on any atom is -0.497 e. The van der Waals surface area contributed by atoms with Crippen LogP contribution in [0.5, 0.6) is 5.75 Å². The van der Waals surface area contributed by atoms with Crippen molar-refractivity contribution in [2.45, 2.75) is 13.5 Å². The molecular weight excluding hydrogens is 364 g/mol. The lowest BCUT2D eigenvalue weighted by atomic mass is 10.1. The van der Waals surface area contributed by atoms with Crippen molar-refractivity contribution in [2.75, 3.05) is 23.5 Å². The number of nitrogens with two attached hydrogens (primary N) is 1. The first-order valence-electron chi connectivity index (χ1n) is 9.22. The predicted molar refractivity (Wildman–Crippen MR) is 118 cm³/mol. The van der Waals surface area contributed by atoms with E-state index in [0.717, 1.165) is 22.7 Å². The molecule has 0 unspecified atom stereocenters. The standard InChI is InChI=1S/C23H24N4O2/c1-16(23(28)27-21-6-4-3-5-20(21)24)13-18-9-12-22(26-15-18)25-14-17-7-10-19(29-2)11-8-17/h3-13,15H,14,24H2,1-2H3,(H,25,26)(H,27,28). The number of methoxy groups -OCH3 is 1. The molecule has 29 heavy (non-hydrogen) atoms. The number of rotatable bonds is 7. The summed E-state index contributed by atoms with van der Waals surface area (Å²) < 4.78 is 5.16. The molecule has 0 saturated carbocycles. The zero-order valence-corrected chi connectivity index (χ0v) is 16.5. The van der Waals surface area contributed by atoms with Crippen LogP contribution in [0.4, 0.5) is 17.2 Å². The summed E-state index contributed by atoms with van der Waals surface area (Å²) in [4.78, 5) is 16.8. The van der Waals surface area contributed by atoms with Gasteiger partial charge in [0.15, 0.2) is 0 Å². The van der Waals surface area contributed by atoms with E-state index in [9.17, 15) is 4.79 Å². The van der Waals surface area contributed by atoms with E-state index in [1.807, 2.05) is 48.5 Å². The molecule has 0 bridgehead atoms. The van der Waals surface area contributed by atoms with Gasteiger partial charge in [-0.25, -0.2) is 4.98 Å². The van der Waals surface area contributed by atoms with E-state index in [2.05, 4.69) is 15.6 Å². The summed E-state index contributed by atoms with van der Waals surface area (Å²) in [5.41, 5.74) is 9.53. The third-order valence-electron chi connectivity index (χ3n) is 4.37. The molecule has 0 atom stereocenters. The molecule has 6 heteroatoms. The van der Waals surface area contributed by atoms with Crippen LogP contribution < -0.4 is 21.1 Å². The first-order chi connectivity index (χ1) is 14.0. The zero-order valence-electron chi connectivity index (χ0n) is 16.5. The number of benzene rings is 2. The number of hydrogen-bond donors (Lipinski definition) is 3. The summed E-state index contributed by atoms with van der Waals surface area (Å²) in [6.45, 7) is 2.41. The number of amides is 1. The summed E-state index contributed by atoms with van der Waals surface area (Å²) in [6, 6.07) is 18.8. The normalized spacial score (nSPS) is 11.0. The van der Waals surface area contributed by atoms with Crippen molar-refractivity contribution in [1.82, 2.24) is 4.98 Å². The average molecular weight is 388 g/mol. The highest BCUT2D eigenvalue weighted by molar-refractivity contribution is 6.07. The van der Waals surface area contributed by atoms with Gasteiger partial charge in [-0.15, -0.1) is 0 Å². The topological polar surface area (TPSA) is 89.3 Å². The lowest BCUT2D eigenvalue weighted by Crippen LogP contribution is -2.13. The number of nitrogens with zero attached hydrogens (tertiary/aromatic N) is 1. The van der Waals surface area contributed by atoms with Crippen molar-refractivity contribution < 1.29 is 9.53 Å². The van der Waals surface area contributed by atoms with Crippen LogP contribution in [0.1, 0.15) is 18.1 Å². The summed E-state index contributed by atoms with van der Waals surface area (Å²) in [7, 11) is 1.65. The Kier molecular flexibility index (Phi) is 6.47. The Balaban J connectivity index is 1.58. The molecular formula is C23H24N4O2. The summed E-state index contributed by atoms with van der Waals surface area (Å²) in [5, 5.41) is 6.09. The Morgan fingerprint density at radius 2 is 1.86 bits per heavy atom. The number of para-hydroxylation sites is 2. The van der Waals surface area contributed by atoms with Gasteiger partial charge in [0.2, 0.25) is 0 Å². The lowest BCUT2D eigenvalue weighted by molar-refractivity contribution is -0.112. The molecule has 0 aliphatic carbocycles.